The van der Waals surface area contributed by atoms with Crippen LogP contribution in [0.1, 0.15) is 23.1 Å². The van der Waals surface area contributed by atoms with Crippen molar-refractivity contribution < 1.29 is 9.47 Å². The van der Waals surface area contributed by atoms with Crippen LogP contribution in [0.25, 0.3) is 0 Å². The first-order valence-electron chi connectivity index (χ1n) is 5.85. The zero-order valence-corrected chi connectivity index (χ0v) is 10.9. The van der Waals surface area contributed by atoms with Crippen molar-refractivity contribution >= 4 is 0 Å². The highest BCUT2D eigenvalue weighted by Gasteiger charge is 2.18. The van der Waals surface area contributed by atoms with Crippen LogP contribution in [0, 0.1) is 11.3 Å². The second-order valence-electron chi connectivity index (χ2n) is 4.03. The quantitative estimate of drug-likeness (QED) is 0.769. The Morgan fingerprint density at radius 1 is 1.26 bits per heavy atom. The lowest BCUT2D eigenvalue weighted by atomic mass is 10.2. The van der Waals surface area contributed by atoms with Crippen molar-refractivity contribution in [1.82, 2.24) is 9.78 Å². The minimum atomic E-state index is -0.570. The van der Waals surface area contributed by atoms with Crippen LogP contribution in [0.4, 0.5) is 0 Å². The number of methoxy groups -OCH3 is 2. The van der Waals surface area contributed by atoms with E-state index in [1.807, 2.05) is 30.3 Å². The van der Waals surface area contributed by atoms with Crippen molar-refractivity contribution in [3.63, 3.8) is 0 Å². The predicted octanol–water partition coefficient (Wildman–Crippen LogP) is 2.09. The van der Waals surface area contributed by atoms with Crippen LogP contribution < -0.4 is 0 Å². The van der Waals surface area contributed by atoms with E-state index in [-0.39, 0.29) is 0 Å². The minimum Gasteiger partial charge on any atom is -0.352 e. The number of nitrogens with zero attached hydrogens (tertiary/aromatic N) is 3. The van der Waals surface area contributed by atoms with E-state index in [0.29, 0.717) is 17.8 Å². The molecule has 1 heterocycles. The van der Waals surface area contributed by atoms with Gasteiger partial charge in [-0.1, -0.05) is 30.3 Å². The Labute approximate surface area is 112 Å². The van der Waals surface area contributed by atoms with Crippen LogP contribution in [-0.2, 0) is 16.0 Å². The molecule has 0 saturated carbocycles. The van der Waals surface area contributed by atoms with Gasteiger partial charge in [0.1, 0.15) is 6.07 Å². The fraction of sp³-hybridized carbons (Fsp3) is 0.286. The van der Waals surface area contributed by atoms with E-state index in [4.69, 9.17) is 14.7 Å². The predicted molar refractivity (Wildman–Crippen MR) is 69.2 cm³/mol. The van der Waals surface area contributed by atoms with Gasteiger partial charge in [0, 0.05) is 20.4 Å². The molecule has 1 aromatic heterocycles. The third kappa shape index (κ3) is 2.99. The molecule has 0 fully saturated rings. The first-order chi connectivity index (χ1) is 9.28. The van der Waals surface area contributed by atoms with Gasteiger partial charge in [0.05, 0.1) is 12.1 Å². The summed E-state index contributed by atoms with van der Waals surface area (Å²) >= 11 is 0. The Bertz CT molecular complexity index is 568. The Morgan fingerprint density at radius 2 is 1.95 bits per heavy atom. The SMILES string of the molecule is COC(OC)c1cn(Cc2ccccc2)nc1C#N. The van der Waals surface area contributed by atoms with Crippen molar-refractivity contribution in [2.45, 2.75) is 12.8 Å². The molecule has 98 valence electrons. The van der Waals surface area contributed by atoms with Crippen LogP contribution in [0.3, 0.4) is 0 Å². The number of hydrogen-bond donors (Lipinski definition) is 0. The monoisotopic (exact) mass is 257 g/mol. The third-order valence-corrected chi connectivity index (χ3v) is 2.77. The Morgan fingerprint density at radius 3 is 2.53 bits per heavy atom. The molecule has 0 amide bonds. The van der Waals surface area contributed by atoms with Gasteiger partial charge in [-0.05, 0) is 5.56 Å². The van der Waals surface area contributed by atoms with Crippen LogP contribution in [0.15, 0.2) is 36.5 Å². The van der Waals surface area contributed by atoms with Gasteiger partial charge in [-0.15, -0.1) is 0 Å². The molecule has 0 aliphatic carbocycles. The number of aromatic nitrogens is 2. The lowest BCUT2D eigenvalue weighted by Crippen LogP contribution is -2.04. The lowest BCUT2D eigenvalue weighted by molar-refractivity contribution is -0.106. The van der Waals surface area contributed by atoms with Gasteiger partial charge in [-0.3, -0.25) is 4.68 Å². The molecule has 0 radical (unpaired) electrons. The van der Waals surface area contributed by atoms with E-state index >= 15 is 0 Å². The molecule has 0 unspecified atom stereocenters. The molecule has 0 saturated heterocycles. The Balaban J connectivity index is 2.27. The maximum Gasteiger partial charge on any atom is 0.187 e. The summed E-state index contributed by atoms with van der Waals surface area (Å²) < 4.78 is 12.0. The van der Waals surface area contributed by atoms with Crippen molar-refractivity contribution in [3.8, 4) is 6.07 Å². The van der Waals surface area contributed by atoms with E-state index in [0.717, 1.165) is 5.56 Å². The number of rotatable bonds is 5. The fourth-order valence-corrected chi connectivity index (χ4v) is 1.90. The standard InChI is InChI=1S/C14H15N3O2/c1-18-14(19-2)12-10-17(16-13(12)8-15)9-11-6-4-3-5-7-11/h3-7,10,14H,9H2,1-2H3. The zero-order chi connectivity index (χ0) is 13.7. The Kier molecular flexibility index (Phi) is 4.29. The van der Waals surface area contributed by atoms with Crippen LogP contribution in [-0.4, -0.2) is 24.0 Å². The summed E-state index contributed by atoms with van der Waals surface area (Å²) in [5, 5.41) is 13.3. The molecule has 1 aromatic carbocycles. The van der Waals surface area contributed by atoms with E-state index in [1.54, 1.807) is 10.9 Å². The van der Waals surface area contributed by atoms with Crippen molar-refractivity contribution in [3.05, 3.63) is 53.3 Å². The number of benzene rings is 1. The summed E-state index contributed by atoms with van der Waals surface area (Å²) in [6.07, 6.45) is 1.21. The number of nitriles is 1. The number of ether oxygens (including phenoxy) is 2. The maximum absolute atomic E-state index is 9.10. The van der Waals surface area contributed by atoms with Gasteiger partial charge >= 0.3 is 0 Å². The molecular formula is C14H15N3O2. The van der Waals surface area contributed by atoms with E-state index in [2.05, 4.69) is 11.2 Å². The summed E-state index contributed by atoms with van der Waals surface area (Å²) in [5.74, 6) is 0. The van der Waals surface area contributed by atoms with Crippen molar-refractivity contribution in [1.29, 1.82) is 5.26 Å². The molecule has 5 heteroatoms. The average Bonchev–Trinajstić information content (AvgIpc) is 2.84. The molecule has 2 aromatic rings. The summed E-state index contributed by atoms with van der Waals surface area (Å²) in [5.41, 5.74) is 2.08. The van der Waals surface area contributed by atoms with Gasteiger partial charge in [0.15, 0.2) is 12.0 Å². The molecule has 0 aliphatic rings. The smallest absolute Gasteiger partial charge is 0.187 e. The molecule has 5 nitrogen and oxygen atoms in total. The first kappa shape index (κ1) is 13.3. The molecule has 0 atom stereocenters. The molecule has 19 heavy (non-hydrogen) atoms. The van der Waals surface area contributed by atoms with Gasteiger partial charge in [0.25, 0.3) is 0 Å². The largest absolute Gasteiger partial charge is 0.352 e. The molecule has 0 bridgehead atoms. The molecule has 0 spiro atoms. The second-order valence-corrected chi connectivity index (χ2v) is 4.03. The van der Waals surface area contributed by atoms with Gasteiger partial charge in [-0.25, -0.2) is 0 Å². The van der Waals surface area contributed by atoms with Gasteiger partial charge in [0.2, 0.25) is 0 Å². The highest BCUT2D eigenvalue weighted by Crippen LogP contribution is 2.20. The first-order valence-corrected chi connectivity index (χ1v) is 5.85. The average molecular weight is 257 g/mol. The van der Waals surface area contributed by atoms with Crippen LogP contribution in [0.2, 0.25) is 0 Å². The molecule has 2 rings (SSSR count). The van der Waals surface area contributed by atoms with Gasteiger partial charge < -0.3 is 9.47 Å². The molecule has 0 aliphatic heterocycles. The van der Waals surface area contributed by atoms with Crippen molar-refractivity contribution in [2.75, 3.05) is 14.2 Å². The lowest BCUT2D eigenvalue weighted by Gasteiger charge is -2.10. The third-order valence-electron chi connectivity index (χ3n) is 2.77. The van der Waals surface area contributed by atoms with Gasteiger partial charge in [-0.2, -0.15) is 10.4 Å². The highest BCUT2D eigenvalue weighted by atomic mass is 16.7. The molecular weight excluding hydrogens is 242 g/mol. The minimum absolute atomic E-state index is 0.324. The highest BCUT2D eigenvalue weighted by molar-refractivity contribution is 5.30. The van der Waals surface area contributed by atoms with Crippen LogP contribution >= 0.6 is 0 Å². The summed E-state index contributed by atoms with van der Waals surface area (Å²) in [6, 6.07) is 12.0. The van der Waals surface area contributed by atoms with E-state index in [1.165, 1.54) is 14.2 Å². The summed E-state index contributed by atoms with van der Waals surface area (Å²) in [4.78, 5) is 0. The summed E-state index contributed by atoms with van der Waals surface area (Å²) in [6.45, 7) is 0.607. The topological polar surface area (TPSA) is 60.1 Å². The molecule has 0 N–H and O–H groups in total. The van der Waals surface area contributed by atoms with Crippen molar-refractivity contribution in [2.24, 2.45) is 0 Å². The maximum atomic E-state index is 9.10. The number of hydrogen-bond acceptors (Lipinski definition) is 4. The van der Waals surface area contributed by atoms with Crippen LogP contribution in [0.5, 0.6) is 0 Å². The van der Waals surface area contributed by atoms with E-state index in [9.17, 15) is 0 Å². The Hall–Kier alpha value is -2.16. The van der Waals surface area contributed by atoms with E-state index < -0.39 is 6.29 Å². The normalized spacial score (nSPS) is 10.6. The summed E-state index contributed by atoms with van der Waals surface area (Å²) in [7, 11) is 3.06. The second kappa shape index (κ2) is 6.14. The fourth-order valence-electron chi connectivity index (χ4n) is 1.90. The zero-order valence-electron chi connectivity index (χ0n) is 10.9.